The van der Waals surface area contributed by atoms with Gasteiger partial charge < -0.3 is 15.3 Å². The summed E-state index contributed by atoms with van der Waals surface area (Å²) in [5, 5.41) is 11.9. The van der Waals surface area contributed by atoms with Crippen LogP contribution in [0.25, 0.3) is 0 Å². The summed E-state index contributed by atoms with van der Waals surface area (Å²) in [5.41, 5.74) is 1.79. The predicted octanol–water partition coefficient (Wildman–Crippen LogP) is 3.72. The van der Waals surface area contributed by atoms with E-state index in [0.29, 0.717) is 12.8 Å². The van der Waals surface area contributed by atoms with Crippen LogP contribution in [0.1, 0.15) is 36.9 Å². The molecule has 0 bridgehead atoms. The van der Waals surface area contributed by atoms with Crippen molar-refractivity contribution in [3.63, 3.8) is 0 Å². The zero-order valence-corrected chi connectivity index (χ0v) is 14.7. The Hall–Kier alpha value is -2.40. The van der Waals surface area contributed by atoms with E-state index < -0.39 is 0 Å². The first-order chi connectivity index (χ1) is 12.0. The molecule has 0 aliphatic rings. The summed E-state index contributed by atoms with van der Waals surface area (Å²) < 4.78 is 13.3. The van der Waals surface area contributed by atoms with E-state index in [0.717, 1.165) is 11.1 Å². The average molecular weight is 344 g/mol. The predicted molar refractivity (Wildman–Crippen MR) is 96.8 cm³/mol. The maximum Gasteiger partial charge on any atom is 0.318 e. The van der Waals surface area contributed by atoms with E-state index >= 15 is 0 Å². The van der Waals surface area contributed by atoms with E-state index in [9.17, 15) is 9.18 Å². The Morgan fingerprint density at radius 1 is 1.12 bits per heavy atom. The molecule has 0 aliphatic heterocycles. The average Bonchev–Trinajstić information content (AvgIpc) is 2.62. The minimum atomic E-state index is -0.313. The molecule has 25 heavy (non-hydrogen) atoms. The van der Waals surface area contributed by atoms with Crippen LogP contribution in [0.2, 0.25) is 0 Å². The first-order valence-corrected chi connectivity index (χ1v) is 8.47. The molecule has 0 fully saturated rings. The lowest BCUT2D eigenvalue weighted by Gasteiger charge is -2.30. The topological polar surface area (TPSA) is 52.6 Å². The molecule has 5 heteroatoms. The monoisotopic (exact) mass is 344 g/mol. The van der Waals surface area contributed by atoms with E-state index in [1.165, 1.54) is 12.1 Å². The lowest BCUT2D eigenvalue weighted by atomic mass is 9.97. The van der Waals surface area contributed by atoms with Crippen LogP contribution in [0.3, 0.4) is 0 Å². The second-order valence-corrected chi connectivity index (χ2v) is 6.19. The number of aliphatic hydroxyl groups excluding tert-OH is 1. The molecule has 2 aromatic rings. The van der Waals surface area contributed by atoms with E-state index in [1.54, 1.807) is 24.1 Å². The highest BCUT2D eigenvalue weighted by Gasteiger charge is 2.24. The molecule has 2 unspecified atom stereocenters. The van der Waals surface area contributed by atoms with E-state index in [2.05, 4.69) is 5.32 Å². The van der Waals surface area contributed by atoms with Crippen LogP contribution in [0.4, 0.5) is 9.18 Å². The molecule has 0 radical (unpaired) electrons. The van der Waals surface area contributed by atoms with Crippen LogP contribution in [0.5, 0.6) is 0 Å². The molecule has 0 saturated heterocycles. The molecule has 2 amide bonds. The SMILES string of the molecule is CC(CCCO)NC(=O)N(C)C(c1ccccc1)c1ccc(F)cc1. The molecule has 2 aromatic carbocycles. The highest BCUT2D eigenvalue weighted by atomic mass is 19.1. The fourth-order valence-electron chi connectivity index (χ4n) is 2.82. The zero-order valence-electron chi connectivity index (χ0n) is 14.7. The van der Waals surface area contributed by atoms with Crippen molar-refractivity contribution in [2.45, 2.75) is 31.8 Å². The summed E-state index contributed by atoms with van der Waals surface area (Å²) >= 11 is 0. The minimum absolute atomic E-state index is 0.0354. The summed E-state index contributed by atoms with van der Waals surface area (Å²) in [4.78, 5) is 14.3. The van der Waals surface area contributed by atoms with Crippen molar-refractivity contribution in [1.82, 2.24) is 10.2 Å². The molecule has 2 rings (SSSR count). The van der Waals surface area contributed by atoms with Crippen LogP contribution in [-0.4, -0.2) is 35.7 Å². The molecule has 2 N–H and O–H groups in total. The highest BCUT2D eigenvalue weighted by molar-refractivity contribution is 5.75. The maximum atomic E-state index is 13.3. The number of benzene rings is 2. The van der Waals surface area contributed by atoms with E-state index in [1.807, 2.05) is 37.3 Å². The van der Waals surface area contributed by atoms with Crippen LogP contribution < -0.4 is 5.32 Å². The molecule has 2 atom stereocenters. The Morgan fingerprint density at radius 2 is 1.72 bits per heavy atom. The number of hydrogen-bond acceptors (Lipinski definition) is 2. The van der Waals surface area contributed by atoms with Crippen molar-refractivity contribution in [2.24, 2.45) is 0 Å². The Morgan fingerprint density at radius 3 is 2.32 bits per heavy atom. The van der Waals surface area contributed by atoms with Gasteiger partial charge in [0.15, 0.2) is 0 Å². The van der Waals surface area contributed by atoms with Gasteiger partial charge in [-0.2, -0.15) is 0 Å². The number of rotatable bonds is 7. The third kappa shape index (κ3) is 5.29. The maximum absolute atomic E-state index is 13.3. The van der Waals surface area contributed by atoms with E-state index in [4.69, 9.17) is 5.11 Å². The summed E-state index contributed by atoms with van der Waals surface area (Å²) in [6.07, 6.45) is 1.36. The van der Waals surface area contributed by atoms with Gasteiger partial charge in [0, 0.05) is 19.7 Å². The third-order valence-corrected chi connectivity index (χ3v) is 4.17. The van der Waals surface area contributed by atoms with Crippen molar-refractivity contribution in [3.05, 3.63) is 71.5 Å². The summed E-state index contributed by atoms with van der Waals surface area (Å²) in [5.74, 6) is -0.305. The molecule has 4 nitrogen and oxygen atoms in total. The smallest absolute Gasteiger partial charge is 0.318 e. The Bertz CT molecular complexity index is 661. The molecule has 0 heterocycles. The molecule has 0 aromatic heterocycles. The number of aliphatic hydroxyl groups is 1. The van der Waals surface area contributed by atoms with Gasteiger partial charge in [0.1, 0.15) is 5.82 Å². The fraction of sp³-hybridized carbons (Fsp3) is 0.350. The van der Waals surface area contributed by atoms with Gasteiger partial charge in [-0.25, -0.2) is 9.18 Å². The van der Waals surface area contributed by atoms with Crippen LogP contribution in [0.15, 0.2) is 54.6 Å². The largest absolute Gasteiger partial charge is 0.396 e. The van der Waals surface area contributed by atoms with Gasteiger partial charge in [0.05, 0.1) is 6.04 Å². The van der Waals surface area contributed by atoms with Gasteiger partial charge >= 0.3 is 6.03 Å². The van der Waals surface area contributed by atoms with Crippen molar-refractivity contribution in [3.8, 4) is 0 Å². The first kappa shape index (κ1) is 18.9. The summed E-state index contributed by atoms with van der Waals surface area (Å²) in [7, 11) is 1.73. The van der Waals surface area contributed by atoms with Crippen molar-refractivity contribution < 1.29 is 14.3 Å². The number of amides is 2. The molecule has 134 valence electrons. The van der Waals surface area contributed by atoms with E-state index in [-0.39, 0.29) is 30.5 Å². The standard InChI is InChI=1S/C20H25FN2O2/c1-15(7-6-14-24)22-20(25)23(2)19(16-8-4-3-5-9-16)17-10-12-18(21)13-11-17/h3-5,8-13,15,19,24H,6-7,14H2,1-2H3,(H,22,25). The second-order valence-electron chi connectivity index (χ2n) is 6.19. The zero-order chi connectivity index (χ0) is 18.2. The number of urea groups is 1. The molecular weight excluding hydrogens is 319 g/mol. The van der Waals surface area contributed by atoms with Crippen molar-refractivity contribution in [2.75, 3.05) is 13.7 Å². The van der Waals surface area contributed by atoms with Gasteiger partial charge in [-0.1, -0.05) is 42.5 Å². The second kappa shape index (κ2) is 9.18. The highest BCUT2D eigenvalue weighted by Crippen LogP contribution is 2.27. The van der Waals surface area contributed by atoms with Gasteiger partial charge in [-0.05, 0) is 43.0 Å². The van der Waals surface area contributed by atoms with Gasteiger partial charge in [-0.15, -0.1) is 0 Å². The first-order valence-electron chi connectivity index (χ1n) is 8.47. The van der Waals surface area contributed by atoms with Gasteiger partial charge in [-0.3, -0.25) is 0 Å². The third-order valence-electron chi connectivity index (χ3n) is 4.17. The number of nitrogens with zero attached hydrogens (tertiary/aromatic N) is 1. The lowest BCUT2D eigenvalue weighted by Crippen LogP contribution is -2.43. The van der Waals surface area contributed by atoms with Crippen molar-refractivity contribution >= 4 is 6.03 Å². The lowest BCUT2D eigenvalue weighted by molar-refractivity contribution is 0.193. The minimum Gasteiger partial charge on any atom is -0.396 e. The Balaban J connectivity index is 2.22. The molecule has 0 spiro atoms. The van der Waals surface area contributed by atoms with Gasteiger partial charge in [0.25, 0.3) is 0 Å². The number of carbonyl (C=O) groups is 1. The van der Waals surface area contributed by atoms with Crippen LogP contribution in [0, 0.1) is 5.82 Å². The summed E-state index contributed by atoms with van der Waals surface area (Å²) in [6, 6.07) is 15.3. The molecule has 0 aliphatic carbocycles. The van der Waals surface area contributed by atoms with Crippen molar-refractivity contribution in [1.29, 1.82) is 0 Å². The quantitative estimate of drug-likeness (QED) is 0.804. The van der Waals surface area contributed by atoms with Gasteiger partial charge in [0.2, 0.25) is 0 Å². The Labute approximate surface area is 148 Å². The Kier molecular flexibility index (Phi) is 6.95. The number of nitrogens with one attached hydrogen (secondary N) is 1. The normalized spacial score (nSPS) is 13.1. The van der Waals surface area contributed by atoms with Crippen LogP contribution >= 0.6 is 0 Å². The summed E-state index contributed by atoms with van der Waals surface area (Å²) in [6.45, 7) is 2.02. The number of hydrogen-bond donors (Lipinski definition) is 2. The number of carbonyl (C=O) groups excluding carboxylic acids is 1. The molecule has 0 saturated carbocycles. The fourth-order valence-corrected chi connectivity index (χ4v) is 2.82. The van der Waals surface area contributed by atoms with Crippen LogP contribution in [-0.2, 0) is 0 Å². The number of halogens is 1. The molecular formula is C20H25FN2O2.